The number of hydrogen-bond donors (Lipinski definition) is 3. The first-order valence-electron chi connectivity index (χ1n) is 10.5. The van der Waals surface area contributed by atoms with Crippen LogP contribution in [0.5, 0.6) is 23.0 Å². The molecular formula is C25H30O5. The standard InChI is InChI=1S/C25H30O5/c1-15(2)5-4-6-16(3)7-8-17-11-18(9-10-20(17)27)23-14-22(29)25-21(28)12-19(26)13-24(25)30-23/h7,9-13,15,23,26-28H,4-6,8,14H2,1-3H3/b16-7+/t23-/m0/s1. The number of phenolic OH excluding ortho intramolecular Hbond substituents is 3. The van der Waals surface area contributed by atoms with Crippen LogP contribution >= 0.6 is 0 Å². The molecule has 0 saturated carbocycles. The fourth-order valence-corrected chi connectivity index (χ4v) is 3.76. The maximum absolute atomic E-state index is 12.5. The minimum atomic E-state index is -0.540. The van der Waals surface area contributed by atoms with Gasteiger partial charge in [-0.15, -0.1) is 0 Å². The van der Waals surface area contributed by atoms with Crippen LogP contribution in [-0.4, -0.2) is 21.1 Å². The Labute approximate surface area is 177 Å². The number of Topliss-reactive ketones (excluding diaryl/α,β-unsaturated/α-hetero) is 1. The van der Waals surface area contributed by atoms with Crippen molar-refractivity contribution in [1.29, 1.82) is 0 Å². The first-order chi connectivity index (χ1) is 14.2. The topological polar surface area (TPSA) is 87.0 Å². The molecule has 1 heterocycles. The Balaban J connectivity index is 1.76. The quantitative estimate of drug-likeness (QED) is 0.500. The van der Waals surface area contributed by atoms with Crippen molar-refractivity contribution in [1.82, 2.24) is 0 Å². The maximum atomic E-state index is 12.5. The Morgan fingerprint density at radius 3 is 2.67 bits per heavy atom. The van der Waals surface area contributed by atoms with Gasteiger partial charge in [0.05, 0.1) is 6.42 Å². The van der Waals surface area contributed by atoms with E-state index >= 15 is 0 Å². The molecule has 0 aromatic heterocycles. The molecule has 5 nitrogen and oxygen atoms in total. The van der Waals surface area contributed by atoms with Crippen LogP contribution in [0.15, 0.2) is 42.0 Å². The third-order valence-corrected chi connectivity index (χ3v) is 5.48. The van der Waals surface area contributed by atoms with E-state index in [0.717, 1.165) is 30.0 Å². The highest BCUT2D eigenvalue weighted by molar-refractivity contribution is 6.02. The maximum Gasteiger partial charge on any atom is 0.174 e. The van der Waals surface area contributed by atoms with Gasteiger partial charge < -0.3 is 20.1 Å². The van der Waals surface area contributed by atoms with Crippen LogP contribution in [0.25, 0.3) is 0 Å². The monoisotopic (exact) mass is 410 g/mol. The molecule has 1 aliphatic heterocycles. The van der Waals surface area contributed by atoms with Crippen molar-refractivity contribution >= 4 is 5.78 Å². The molecule has 0 amide bonds. The molecule has 0 fully saturated rings. The number of aromatic hydroxyl groups is 3. The molecule has 0 spiro atoms. The van der Waals surface area contributed by atoms with Crippen LogP contribution < -0.4 is 4.74 Å². The van der Waals surface area contributed by atoms with Gasteiger partial charge in [-0.1, -0.05) is 38.0 Å². The second kappa shape index (κ2) is 9.24. The lowest BCUT2D eigenvalue weighted by atomic mass is 9.93. The van der Waals surface area contributed by atoms with E-state index in [9.17, 15) is 20.1 Å². The summed E-state index contributed by atoms with van der Waals surface area (Å²) in [5.41, 5.74) is 2.94. The first kappa shape index (κ1) is 21.8. The lowest BCUT2D eigenvalue weighted by Crippen LogP contribution is -2.20. The molecule has 0 radical (unpaired) electrons. The summed E-state index contributed by atoms with van der Waals surface area (Å²) in [6.45, 7) is 6.56. The third-order valence-electron chi connectivity index (χ3n) is 5.48. The number of benzene rings is 2. The van der Waals surface area contributed by atoms with Crippen LogP contribution in [0.1, 0.15) is 74.0 Å². The average Bonchev–Trinajstić information content (AvgIpc) is 2.66. The summed E-state index contributed by atoms with van der Waals surface area (Å²) >= 11 is 0. The largest absolute Gasteiger partial charge is 0.508 e. The number of phenols is 3. The van der Waals surface area contributed by atoms with Gasteiger partial charge in [0.1, 0.15) is 34.7 Å². The molecule has 0 saturated heterocycles. The first-order valence-corrected chi connectivity index (χ1v) is 10.5. The van der Waals surface area contributed by atoms with E-state index in [2.05, 4.69) is 26.8 Å². The van der Waals surface area contributed by atoms with Gasteiger partial charge in [0.15, 0.2) is 5.78 Å². The van der Waals surface area contributed by atoms with E-state index in [1.54, 1.807) is 12.1 Å². The van der Waals surface area contributed by atoms with Crippen molar-refractivity contribution in [3.8, 4) is 23.0 Å². The summed E-state index contributed by atoms with van der Waals surface area (Å²) in [7, 11) is 0. The summed E-state index contributed by atoms with van der Waals surface area (Å²) in [5.74, 6) is 0.397. The second-order valence-corrected chi connectivity index (χ2v) is 8.50. The number of carbonyl (C=O) groups is 1. The Hall–Kier alpha value is -2.95. The number of hydrogen-bond acceptors (Lipinski definition) is 5. The van der Waals surface area contributed by atoms with Crippen LogP contribution in [-0.2, 0) is 6.42 Å². The highest BCUT2D eigenvalue weighted by atomic mass is 16.5. The van der Waals surface area contributed by atoms with Gasteiger partial charge in [0.25, 0.3) is 0 Å². The van der Waals surface area contributed by atoms with E-state index in [-0.39, 0.29) is 40.8 Å². The zero-order chi connectivity index (χ0) is 21.8. The van der Waals surface area contributed by atoms with E-state index in [1.807, 2.05) is 6.07 Å². The summed E-state index contributed by atoms with van der Waals surface area (Å²) in [6.07, 6.45) is 5.68. The highest BCUT2D eigenvalue weighted by Gasteiger charge is 2.31. The number of allylic oxidation sites excluding steroid dienone is 2. The minimum absolute atomic E-state index is 0.0830. The van der Waals surface area contributed by atoms with Crippen LogP contribution in [0, 0.1) is 5.92 Å². The highest BCUT2D eigenvalue weighted by Crippen LogP contribution is 2.42. The molecule has 2 aromatic carbocycles. The van der Waals surface area contributed by atoms with Crippen molar-refractivity contribution in [2.45, 2.75) is 59.0 Å². The minimum Gasteiger partial charge on any atom is -0.508 e. The van der Waals surface area contributed by atoms with Crippen LogP contribution in [0.4, 0.5) is 0 Å². The Morgan fingerprint density at radius 1 is 1.17 bits per heavy atom. The van der Waals surface area contributed by atoms with Crippen molar-refractivity contribution < 1.29 is 24.9 Å². The van der Waals surface area contributed by atoms with Gasteiger partial charge in [0, 0.05) is 12.1 Å². The molecular weight excluding hydrogens is 380 g/mol. The Bertz CT molecular complexity index is 958. The van der Waals surface area contributed by atoms with Gasteiger partial charge in [-0.2, -0.15) is 0 Å². The molecule has 3 N–H and O–H groups in total. The molecule has 1 aliphatic rings. The zero-order valence-corrected chi connectivity index (χ0v) is 17.8. The van der Waals surface area contributed by atoms with Crippen LogP contribution in [0.2, 0.25) is 0 Å². The van der Waals surface area contributed by atoms with Crippen molar-refractivity contribution in [2.75, 3.05) is 0 Å². The lowest BCUT2D eigenvalue weighted by Gasteiger charge is -2.26. The van der Waals surface area contributed by atoms with Gasteiger partial charge in [-0.05, 0) is 55.4 Å². The molecule has 0 bridgehead atoms. The molecule has 160 valence electrons. The summed E-state index contributed by atoms with van der Waals surface area (Å²) < 4.78 is 5.91. The summed E-state index contributed by atoms with van der Waals surface area (Å²) in [6, 6.07) is 7.69. The normalized spacial score (nSPS) is 16.5. The second-order valence-electron chi connectivity index (χ2n) is 8.50. The lowest BCUT2D eigenvalue weighted by molar-refractivity contribution is 0.0845. The van der Waals surface area contributed by atoms with Crippen molar-refractivity contribution in [2.24, 2.45) is 5.92 Å². The average molecular weight is 411 g/mol. The van der Waals surface area contributed by atoms with E-state index in [1.165, 1.54) is 18.1 Å². The predicted molar refractivity (Wildman–Crippen MR) is 116 cm³/mol. The van der Waals surface area contributed by atoms with E-state index < -0.39 is 6.10 Å². The smallest absolute Gasteiger partial charge is 0.174 e. The number of carbonyl (C=O) groups excluding carboxylic acids is 1. The molecule has 30 heavy (non-hydrogen) atoms. The predicted octanol–water partition coefficient (Wildman–Crippen LogP) is 5.83. The van der Waals surface area contributed by atoms with E-state index in [0.29, 0.717) is 12.3 Å². The SMILES string of the molecule is C/C(=C\Cc1cc([C@@H]2CC(=O)c3c(O)cc(O)cc3O2)ccc1O)CCCC(C)C. The fraction of sp³-hybridized carbons (Fsp3) is 0.400. The zero-order valence-electron chi connectivity index (χ0n) is 17.8. The fourth-order valence-electron chi connectivity index (χ4n) is 3.76. The van der Waals surface area contributed by atoms with Gasteiger partial charge in [0.2, 0.25) is 0 Å². The van der Waals surface area contributed by atoms with Crippen molar-refractivity contribution in [3.05, 3.63) is 58.7 Å². The number of fused-ring (bicyclic) bond motifs is 1. The molecule has 2 aromatic rings. The number of rotatable bonds is 7. The van der Waals surface area contributed by atoms with E-state index in [4.69, 9.17) is 4.74 Å². The van der Waals surface area contributed by atoms with Gasteiger partial charge in [-0.3, -0.25) is 4.79 Å². The Morgan fingerprint density at radius 2 is 1.93 bits per heavy atom. The number of ether oxygens (including phenoxy) is 1. The van der Waals surface area contributed by atoms with Crippen molar-refractivity contribution in [3.63, 3.8) is 0 Å². The van der Waals surface area contributed by atoms with Gasteiger partial charge >= 0.3 is 0 Å². The molecule has 3 rings (SSSR count). The molecule has 0 aliphatic carbocycles. The third kappa shape index (κ3) is 5.15. The summed E-state index contributed by atoms with van der Waals surface area (Å²) in [5, 5.41) is 29.9. The Kier molecular flexibility index (Phi) is 6.70. The molecule has 0 unspecified atom stereocenters. The number of ketones is 1. The molecule has 5 heteroatoms. The molecule has 1 atom stereocenters. The summed E-state index contributed by atoms with van der Waals surface area (Å²) in [4.78, 5) is 12.5. The van der Waals surface area contributed by atoms with Crippen LogP contribution in [0.3, 0.4) is 0 Å². The van der Waals surface area contributed by atoms with Gasteiger partial charge in [-0.25, -0.2) is 0 Å².